The van der Waals surface area contributed by atoms with Gasteiger partial charge in [0, 0.05) is 27.4 Å². The van der Waals surface area contributed by atoms with Crippen LogP contribution in [0.25, 0.3) is 0 Å². The molecule has 0 aliphatic heterocycles. The van der Waals surface area contributed by atoms with Crippen LogP contribution in [0.3, 0.4) is 0 Å². The average Bonchev–Trinajstić information content (AvgIpc) is 2.75. The lowest BCUT2D eigenvalue weighted by molar-refractivity contribution is -0.152. The van der Waals surface area contributed by atoms with Crippen molar-refractivity contribution in [3.63, 3.8) is 0 Å². The molecule has 0 saturated heterocycles. The Bertz CT molecular complexity index is 375. The van der Waals surface area contributed by atoms with Crippen LogP contribution in [-0.4, -0.2) is 52.6 Å². The second kappa shape index (κ2) is 21.1. The van der Waals surface area contributed by atoms with Crippen molar-refractivity contribution >= 4 is 11.9 Å². The summed E-state index contributed by atoms with van der Waals surface area (Å²) in [6.45, 7) is 6.49. The van der Waals surface area contributed by atoms with Crippen molar-refractivity contribution in [2.75, 3.05) is 40.6 Å². The molecular formula is C24H46O6. The first-order chi connectivity index (χ1) is 14.6. The molecular weight excluding hydrogens is 384 g/mol. The fourth-order valence-electron chi connectivity index (χ4n) is 3.33. The normalized spacial score (nSPS) is 13.1. The van der Waals surface area contributed by atoms with Crippen LogP contribution in [0.1, 0.15) is 90.9 Å². The van der Waals surface area contributed by atoms with Gasteiger partial charge in [-0.05, 0) is 37.5 Å². The van der Waals surface area contributed by atoms with Crippen LogP contribution in [0.5, 0.6) is 0 Å². The average molecular weight is 431 g/mol. The van der Waals surface area contributed by atoms with Crippen LogP contribution in [0, 0.1) is 11.8 Å². The van der Waals surface area contributed by atoms with Gasteiger partial charge in [0.15, 0.2) is 0 Å². The molecule has 0 saturated carbocycles. The fraction of sp³-hybridized carbons (Fsp3) is 0.917. The second-order valence-corrected chi connectivity index (χ2v) is 8.15. The standard InChI is InChI=1S/C24H46O6/c1-5-7-9-11-21(15-17-27-3)19-29-23(25)13-14-24(26)30-20-22(16-18-28-4)12-10-8-6-2/h21-22H,5-20H2,1-4H3. The van der Waals surface area contributed by atoms with E-state index in [0.29, 0.717) is 38.3 Å². The lowest BCUT2D eigenvalue weighted by Crippen LogP contribution is -2.19. The number of carbonyl (C=O) groups excluding carboxylic acids is 2. The molecule has 0 aliphatic carbocycles. The highest BCUT2D eigenvalue weighted by Crippen LogP contribution is 2.16. The summed E-state index contributed by atoms with van der Waals surface area (Å²) in [4.78, 5) is 24.1. The van der Waals surface area contributed by atoms with Gasteiger partial charge in [-0.3, -0.25) is 9.59 Å². The van der Waals surface area contributed by atoms with E-state index < -0.39 is 0 Å². The number of carbonyl (C=O) groups is 2. The highest BCUT2D eigenvalue weighted by Gasteiger charge is 2.16. The van der Waals surface area contributed by atoms with Gasteiger partial charge in [0.2, 0.25) is 0 Å². The van der Waals surface area contributed by atoms with Gasteiger partial charge in [-0.1, -0.05) is 52.4 Å². The first-order valence-corrected chi connectivity index (χ1v) is 11.9. The molecule has 2 unspecified atom stereocenters. The van der Waals surface area contributed by atoms with Gasteiger partial charge in [0.25, 0.3) is 0 Å². The molecule has 6 nitrogen and oxygen atoms in total. The number of rotatable bonds is 21. The molecule has 0 bridgehead atoms. The molecule has 0 N–H and O–H groups in total. The van der Waals surface area contributed by atoms with Crippen LogP contribution in [0.15, 0.2) is 0 Å². The molecule has 30 heavy (non-hydrogen) atoms. The zero-order chi connectivity index (χ0) is 22.5. The maximum atomic E-state index is 12.0. The molecule has 2 atom stereocenters. The number of ether oxygens (including phenoxy) is 4. The van der Waals surface area contributed by atoms with Gasteiger partial charge in [-0.15, -0.1) is 0 Å². The minimum Gasteiger partial charge on any atom is -0.465 e. The topological polar surface area (TPSA) is 71.1 Å². The van der Waals surface area contributed by atoms with Crippen molar-refractivity contribution in [3.8, 4) is 0 Å². The smallest absolute Gasteiger partial charge is 0.306 e. The van der Waals surface area contributed by atoms with E-state index in [-0.39, 0.29) is 24.8 Å². The van der Waals surface area contributed by atoms with Crippen molar-refractivity contribution < 1.29 is 28.5 Å². The maximum absolute atomic E-state index is 12.0. The van der Waals surface area contributed by atoms with Gasteiger partial charge >= 0.3 is 11.9 Å². The van der Waals surface area contributed by atoms with Crippen molar-refractivity contribution in [3.05, 3.63) is 0 Å². The third kappa shape index (κ3) is 17.7. The minimum atomic E-state index is -0.330. The quantitative estimate of drug-likeness (QED) is 0.181. The Morgan fingerprint density at radius 2 is 1.03 bits per heavy atom. The van der Waals surface area contributed by atoms with E-state index in [0.717, 1.165) is 38.5 Å². The lowest BCUT2D eigenvalue weighted by atomic mass is 9.99. The van der Waals surface area contributed by atoms with E-state index in [4.69, 9.17) is 18.9 Å². The molecule has 0 amide bonds. The molecule has 0 aromatic heterocycles. The third-order valence-electron chi connectivity index (χ3n) is 5.39. The predicted octanol–water partition coefficient (Wildman–Crippen LogP) is 5.32. The summed E-state index contributed by atoms with van der Waals surface area (Å²) in [5.74, 6) is -0.0263. The summed E-state index contributed by atoms with van der Waals surface area (Å²) in [7, 11) is 3.37. The van der Waals surface area contributed by atoms with Crippen LogP contribution >= 0.6 is 0 Å². The van der Waals surface area contributed by atoms with Crippen LogP contribution in [0.2, 0.25) is 0 Å². The van der Waals surface area contributed by atoms with Crippen molar-refractivity contribution in [1.82, 2.24) is 0 Å². The molecule has 0 spiro atoms. The Morgan fingerprint density at radius 1 is 0.633 bits per heavy atom. The molecule has 0 heterocycles. The molecule has 0 fully saturated rings. The van der Waals surface area contributed by atoms with Crippen LogP contribution in [0.4, 0.5) is 0 Å². The highest BCUT2D eigenvalue weighted by atomic mass is 16.5. The highest BCUT2D eigenvalue weighted by molar-refractivity contribution is 5.77. The van der Waals surface area contributed by atoms with E-state index >= 15 is 0 Å². The second-order valence-electron chi connectivity index (χ2n) is 8.15. The lowest BCUT2D eigenvalue weighted by Gasteiger charge is -2.17. The Kier molecular flexibility index (Phi) is 20.3. The van der Waals surface area contributed by atoms with Crippen LogP contribution in [-0.2, 0) is 28.5 Å². The number of hydrogen-bond donors (Lipinski definition) is 0. The Labute approximate surface area is 184 Å². The summed E-state index contributed by atoms with van der Waals surface area (Å²) in [6, 6.07) is 0. The summed E-state index contributed by atoms with van der Waals surface area (Å²) in [5.41, 5.74) is 0. The molecule has 0 aromatic carbocycles. The number of methoxy groups -OCH3 is 2. The molecule has 0 radical (unpaired) electrons. The first-order valence-electron chi connectivity index (χ1n) is 11.9. The number of esters is 2. The van der Waals surface area contributed by atoms with E-state index in [2.05, 4.69) is 13.8 Å². The third-order valence-corrected chi connectivity index (χ3v) is 5.39. The van der Waals surface area contributed by atoms with E-state index in [1.54, 1.807) is 14.2 Å². The molecule has 6 heteroatoms. The zero-order valence-electron chi connectivity index (χ0n) is 19.9. The summed E-state index contributed by atoms with van der Waals surface area (Å²) in [5, 5.41) is 0. The van der Waals surface area contributed by atoms with Crippen molar-refractivity contribution in [1.29, 1.82) is 0 Å². The molecule has 0 aromatic rings. The Balaban J connectivity index is 4.13. The van der Waals surface area contributed by atoms with E-state index in [1.165, 1.54) is 25.7 Å². The monoisotopic (exact) mass is 430 g/mol. The SMILES string of the molecule is CCCCCC(CCOC)COC(=O)CCC(=O)OCC(CCCCC)CCOC. The van der Waals surface area contributed by atoms with Crippen molar-refractivity contribution in [2.24, 2.45) is 11.8 Å². The summed E-state index contributed by atoms with van der Waals surface area (Å²) >= 11 is 0. The van der Waals surface area contributed by atoms with Gasteiger partial charge in [0.1, 0.15) is 0 Å². The van der Waals surface area contributed by atoms with Gasteiger partial charge in [0.05, 0.1) is 26.1 Å². The van der Waals surface area contributed by atoms with E-state index in [1.807, 2.05) is 0 Å². The van der Waals surface area contributed by atoms with E-state index in [9.17, 15) is 9.59 Å². The Hall–Kier alpha value is -1.14. The van der Waals surface area contributed by atoms with Crippen LogP contribution < -0.4 is 0 Å². The fourth-order valence-corrected chi connectivity index (χ4v) is 3.33. The summed E-state index contributed by atoms with van der Waals surface area (Å²) < 4.78 is 21.1. The molecule has 178 valence electrons. The Morgan fingerprint density at radius 3 is 1.37 bits per heavy atom. The molecule has 0 rings (SSSR count). The largest absolute Gasteiger partial charge is 0.465 e. The zero-order valence-corrected chi connectivity index (χ0v) is 19.9. The number of hydrogen-bond acceptors (Lipinski definition) is 6. The summed E-state index contributed by atoms with van der Waals surface area (Å²) in [6.07, 6.45) is 11.0. The van der Waals surface area contributed by atoms with Gasteiger partial charge in [-0.25, -0.2) is 0 Å². The maximum Gasteiger partial charge on any atom is 0.306 e. The predicted molar refractivity (Wildman–Crippen MR) is 119 cm³/mol. The van der Waals surface area contributed by atoms with Crippen molar-refractivity contribution in [2.45, 2.75) is 90.9 Å². The minimum absolute atomic E-state index is 0.0728. The molecule has 0 aliphatic rings. The van der Waals surface area contributed by atoms with Gasteiger partial charge in [-0.2, -0.15) is 0 Å². The number of unbranched alkanes of at least 4 members (excludes halogenated alkanes) is 4. The first kappa shape index (κ1) is 28.9. The van der Waals surface area contributed by atoms with Gasteiger partial charge < -0.3 is 18.9 Å².